The molecule has 1 aliphatic heterocycles. The molecule has 1 heterocycles. The van der Waals surface area contributed by atoms with Gasteiger partial charge in [0.1, 0.15) is 11.6 Å². The lowest BCUT2D eigenvalue weighted by molar-refractivity contribution is 0.143. The molecule has 1 aromatic carbocycles. The molecule has 1 aliphatic rings. The first-order valence-electron chi connectivity index (χ1n) is 5.59. The minimum Gasteiger partial charge on any atom is -0.314 e. The molecular formula is C12H16F2N2. The van der Waals surface area contributed by atoms with Gasteiger partial charge in [-0.1, -0.05) is 13.0 Å². The lowest BCUT2D eigenvalue weighted by Gasteiger charge is -2.37. The van der Waals surface area contributed by atoms with Gasteiger partial charge in [0.25, 0.3) is 0 Å². The molecule has 1 aromatic rings. The second kappa shape index (κ2) is 4.89. The minimum atomic E-state index is -0.519. The normalized spacial score (nSPS) is 16.5. The zero-order valence-electron chi connectivity index (χ0n) is 9.34. The molecule has 0 aromatic heterocycles. The van der Waals surface area contributed by atoms with Crippen LogP contribution in [0.25, 0.3) is 0 Å². The predicted molar refractivity (Wildman–Crippen MR) is 59.1 cm³/mol. The molecule has 0 radical (unpaired) electrons. The Balaban J connectivity index is 2.06. The van der Waals surface area contributed by atoms with Crippen LogP contribution in [0.2, 0.25) is 0 Å². The molecule has 2 rings (SSSR count). The maximum absolute atomic E-state index is 13.5. The van der Waals surface area contributed by atoms with Crippen LogP contribution in [0.1, 0.15) is 12.5 Å². The number of nitrogens with one attached hydrogen (secondary N) is 1. The van der Waals surface area contributed by atoms with Gasteiger partial charge in [0, 0.05) is 37.3 Å². The van der Waals surface area contributed by atoms with E-state index >= 15 is 0 Å². The summed E-state index contributed by atoms with van der Waals surface area (Å²) in [6, 6.07) is 4.27. The quantitative estimate of drug-likeness (QED) is 0.841. The molecule has 16 heavy (non-hydrogen) atoms. The van der Waals surface area contributed by atoms with Crippen molar-refractivity contribution < 1.29 is 8.78 Å². The first-order chi connectivity index (χ1) is 7.70. The van der Waals surface area contributed by atoms with Crippen LogP contribution in [0.3, 0.4) is 0 Å². The van der Waals surface area contributed by atoms with E-state index in [4.69, 9.17) is 0 Å². The Labute approximate surface area is 94.3 Å². The van der Waals surface area contributed by atoms with Gasteiger partial charge in [-0.3, -0.25) is 4.90 Å². The molecule has 1 saturated heterocycles. The molecule has 1 fully saturated rings. The van der Waals surface area contributed by atoms with Gasteiger partial charge in [-0.05, 0) is 12.6 Å². The van der Waals surface area contributed by atoms with Gasteiger partial charge in [0.05, 0.1) is 0 Å². The minimum absolute atomic E-state index is 0.453. The van der Waals surface area contributed by atoms with E-state index in [1.54, 1.807) is 0 Å². The molecule has 0 unspecified atom stereocenters. The van der Waals surface area contributed by atoms with Crippen LogP contribution >= 0.6 is 0 Å². The lowest BCUT2D eigenvalue weighted by Crippen LogP contribution is -2.56. The summed E-state index contributed by atoms with van der Waals surface area (Å²) in [4.78, 5) is 2.20. The largest absolute Gasteiger partial charge is 0.314 e. The summed E-state index contributed by atoms with van der Waals surface area (Å²) in [5, 5.41) is 3.19. The highest BCUT2D eigenvalue weighted by Crippen LogP contribution is 2.15. The summed E-state index contributed by atoms with van der Waals surface area (Å²) in [7, 11) is 0. The summed E-state index contributed by atoms with van der Waals surface area (Å²) in [6.07, 6.45) is 0. The van der Waals surface area contributed by atoms with Crippen molar-refractivity contribution in [3.8, 4) is 0 Å². The Morgan fingerprint density at radius 2 is 2.12 bits per heavy atom. The summed E-state index contributed by atoms with van der Waals surface area (Å²) in [6.45, 7) is 5.39. The van der Waals surface area contributed by atoms with E-state index in [2.05, 4.69) is 17.1 Å². The topological polar surface area (TPSA) is 15.3 Å². The zero-order valence-corrected chi connectivity index (χ0v) is 9.34. The molecule has 2 nitrogen and oxygen atoms in total. The van der Waals surface area contributed by atoms with Gasteiger partial charge < -0.3 is 5.32 Å². The van der Waals surface area contributed by atoms with Gasteiger partial charge in [-0.2, -0.15) is 0 Å². The van der Waals surface area contributed by atoms with Crippen molar-refractivity contribution >= 4 is 0 Å². The van der Waals surface area contributed by atoms with Gasteiger partial charge in [0.2, 0.25) is 0 Å². The highest BCUT2D eigenvalue weighted by Gasteiger charge is 2.23. The average molecular weight is 226 g/mol. The van der Waals surface area contributed by atoms with Crippen molar-refractivity contribution in [2.75, 3.05) is 19.6 Å². The number of halogens is 2. The highest BCUT2D eigenvalue weighted by atomic mass is 19.1. The molecule has 4 heteroatoms. The van der Waals surface area contributed by atoms with Crippen LogP contribution in [-0.2, 0) is 6.54 Å². The van der Waals surface area contributed by atoms with Crippen LogP contribution in [0, 0.1) is 11.6 Å². The van der Waals surface area contributed by atoms with E-state index in [1.165, 1.54) is 12.1 Å². The number of benzene rings is 1. The molecule has 0 atom stereocenters. The lowest BCUT2D eigenvalue weighted by atomic mass is 10.1. The standard InChI is InChI=1S/C12H16F2N2/c1-2-16(11-6-15-7-11)8-9-3-4-10(13)5-12(9)14/h3-5,11,15H,2,6-8H2,1H3. The van der Waals surface area contributed by atoms with Crippen LogP contribution in [-0.4, -0.2) is 30.6 Å². The van der Waals surface area contributed by atoms with Gasteiger partial charge in [-0.15, -0.1) is 0 Å². The van der Waals surface area contributed by atoms with Crippen LogP contribution in [0.5, 0.6) is 0 Å². The molecular weight excluding hydrogens is 210 g/mol. The van der Waals surface area contributed by atoms with E-state index < -0.39 is 11.6 Å². The van der Waals surface area contributed by atoms with Gasteiger partial charge >= 0.3 is 0 Å². The third kappa shape index (κ3) is 2.39. The molecule has 0 spiro atoms. The molecule has 1 N–H and O–H groups in total. The molecule has 0 amide bonds. The second-order valence-electron chi connectivity index (χ2n) is 4.11. The molecule has 0 aliphatic carbocycles. The maximum atomic E-state index is 13.5. The Morgan fingerprint density at radius 3 is 2.62 bits per heavy atom. The van der Waals surface area contributed by atoms with E-state index in [1.807, 2.05) is 0 Å². The average Bonchev–Trinajstić information content (AvgIpc) is 2.18. The monoisotopic (exact) mass is 226 g/mol. The van der Waals surface area contributed by atoms with Crippen molar-refractivity contribution in [2.24, 2.45) is 0 Å². The van der Waals surface area contributed by atoms with Crippen molar-refractivity contribution in [2.45, 2.75) is 19.5 Å². The summed E-state index contributed by atoms with van der Waals surface area (Å²) >= 11 is 0. The Kier molecular flexibility index (Phi) is 3.51. The third-order valence-electron chi connectivity index (χ3n) is 3.07. The van der Waals surface area contributed by atoms with E-state index in [9.17, 15) is 8.78 Å². The van der Waals surface area contributed by atoms with Crippen LogP contribution in [0.4, 0.5) is 8.78 Å². The number of hydrogen-bond acceptors (Lipinski definition) is 2. The van der Waals surface area contributed by atoms with E-state index in [0.717, 1.165) is 25.7 Å². The van der Waals surface area contributed by atoms with Crippen molar-refractivity contribution in [1.29, 1.82) is 0 Å². The second-order valence-corrected chi connectivity index (χ2v) is 4.11. The van der Waals surface area contributed by atoms with Gasteiger partial charge in [0.15, 0.2) is 0 Å². The fourth-order valence-electron chi connectivity index (χ4n) is 1.90. The zero-order chi connectivity index (χ0) is 11.5. The van der Waals surface area contributed by atoms with Gasteiger partial charge in [-0.25, -0.2) is 8.78 Å². The smallest absolute Gasteiger partial charge is 0.130 e. The Morgan fingerprint density at radius 1 is 1.38 bits per heavy atom. The fraction of sp³-hybridized carbons (Fsp3) is 0.500. The van der Waals surface area contributed by atoms with E-state index in [-0.39, 0.29) is 0 Å². The molecule has 88 valence electrons. The van der Waals surface area contributed by atoms with Crippen LogP contribution < -0.4 is 5.32 Å². The van der Waals surface area contributed by atoms with Crippen molar-refractivity contribution in [1.82, 2.24) is 10.2 Å². The van der Waals surface area contributed by atoms with E-state index in [0.29, 0.717) is 18.2 Å². The first kappa shape index (κ1) is 11.5. The fourth-order valence-corrected chi connectivity index (χ4v) is 1.90. The third-order valence-corrected chi connectivity index (χ3v) is 3.07. The number of nitrogens with zero attached hydrogens (tertiary/aromatic N) is 1. The Hall–Kier alpha value is -1.00. The summed E-state index contributed by atoms with van der Waals surface area (Å²) in [5.41, 5.74) is 0.565. The Bertz CT molecular complexity index is 364. The SMILES string of the molecule is CCN(Cc1ccc(F)cc1F)C1CNC1. The summed E-state index contributed by atoms with van der Waals surface area (Å²) in [5.74, 6) is -0.972. The highest BCUT2D eigenvalue weighted by molar-refractivity contribution is 5.18. The predicted octanol–water partition coefficient (Wildman–Crippen LogP) is 1.76. The molecule has 0 saturated carbocycles. The van der Waals surface area contributed by atoms with Crippen molar-refractivity contribution in [3.05, 3.63) is 35.4 Å². The number of hydrogen-bond donors (Lipinski definition) is 1. The maximum Gasteiger partial charge on any atom is 0.130 e. The van der Waals surface area contributed by atoms with Crippen molar-refractivity contribution in [3.63, 3.8) is 0 Å². The first-order valence-corrected chi connectivity index (χ1v) is 5.59. The summed E-state index contributed by atoms with van der Waals surface area (Å²) < 4.78 is 26.2. The number of rotatable bonds is 4. The van der Waals surface area contributed by atoms with Crippen LogP contribution in [0.15, 0.2) is 18.2 Å². The molecule has 0 bridgehead atoms. The number of likely N-dealkylation sites (N-methyl/N-ethyl adjacent to an activating group) is 1.